The molecule has 3 atom stereocenters. The molecule has 86 valence electrons. The number of carbonyl (C=O) groups excluding carboxylic acids is 1. The van der Waals surface area contributed by atoms with E-state index in [0.29, 0.717) is 3.42 Å². The van der Waals surface area contributed by atoms with Crippen LogP contribution in [0.5, 0.6) is 0 Å². The molecule has 0 aromatic carbocycles. The van der Waals surface area contributed by atoms with Crippen molar-refractivity contribution in [3.8, 4) is 0 Å². The van der Waals surface area contributed by atoms with E-state index in [1.54, 1.807) is 4.90 Å². The fraction of sp³-hybridized carbons (Fsp3) is 0.909. The second kappa shape index (κ2) is 3.79. The number of nitrogens with zero attached hydrogens (tertiary/aromatic N) is 2. The van der Waals surface area contributed by atoms with Gasteiger partial charge in [-0.2, -0.15) is 0 Å². The predicted molar refractivity (Wildman–Crippen MR) is 69.3 cm³/mol. The molecule has 2 amide bonds. The van der Waals surface area contributed by atoms with E-state index in [2.05, 4.69) is 29.5 Å². The van der Waals surface area contributed by atoms with Gasteiger partial charge in [0, 0.05) is 30.6 Å². The normalized spacial score (nSPS) is 39.3. The Kier molecular flexibility index (Phi) is 2.90. The summed E-state index contributed by atoms with van der Waals surface area (Å²) in [5, 5.41) is 0. The van der Waals surface area contributed by atoms with Gasteiger partial charge in [-0.05, 0) is 24.7 Å². The molecule has 0 spiro atoms. The van der Waals surface area contributed by atoms with Gasteiger partial charge in [-0.25, -0.2) is 4.79 Å². The van der Waals surface area contributed by atoms with E-state index in [0.717, 1.165) is 24.9 Å². The van der Waals surface area contributed by atoms with E-state index >= 15 is 0 Å². The Bertz CT molecular complexity index is 262. The first-order chi connectivity index (χ1) is 6.89. The number of urea groups is 1. The lowest BCUT2D eigenvalue weighted by atomic mass is 10.0. The zero-order valence-corrected chi connectivity index (χ0v) is 11.8. The van der Waals surface area contributed by atoms with Gasteiger partial charge in [0.25, 0.3) is 0 Å². The van der Waals surface area contributed by atoms with E-state index < -0.39 is 0 Å². The molecule has 1 aliphatic carbocycles. The maximum atomic E-state index is 11.8. The van der Waals surface area contributed by atoms with Crippen LogP contribution in [-0.4, -0.2) is 46.4 Å². The van der Waals surface area contributed by atoms with Gasteiger partial charge in [0.2, 0.25) is 0 Å². The maximum Gasteiger partial charge on any atom is 0.319 e. The zero-order chi connectivity index (χ0) is 11.2. The lowest BCUT2D eigenvalue weighted by Crippen LogP contribution is -2.38. The number of hydrogen-bond donors (Lipinski definition) is 0. The lowest BCUT2D eigenvalue weighted by Gasteiger charge is -2.24. The minimum absolute atomic E-state index is 0.180. The van der Waals surface area contributed by atoms with E-state index in [-0.39, 0.29) is 6.03 Å². The third-order valence-corrected chi connectivity index (χ3v) is 4.49. The molecule has 3 nitrogen and oxygen atoms in total. The van der Waals surface area contributed by atoms with Crippen molar-refractivity contribution in [1.29, 1.82) is 0 Å². The van der Waals surface area contributed by atoms with Crippen LogP contribution < -0.4 is 0 Å². The molecular weight excluding hydrogens is 303 g/mol. The molecule has 4 heteroatoms. The van der Waals surface area contributed by atoms with E-state index in [1.807, 2.05) is 19.0 Å². The highest BCUT2D eigenvalue weighted by molar-refractivity contribution is 14.1. The van der Waals surface area contributed by atoms with Crippen molar-refractivity contribution < 1.29 is 4.79 Å². The lowest BCUT2D eigenvalue weighted by molar-refractivity contribution is 0.177. The van der Waals surface area contributed by atoms with Gasteiger partial charge in [0.15, 0.2) is 0 Å². The Morgan fingerprint density at radius 3 is 2.20 bits per heavy atom. The number of carbonyl (C=O) groups is 1. The average Bonchev–Trinajstić information content (AvgIpc) is 2.55. The van der Waals surface area contributed by atoms with Crippen LogP contribution in [0.15, 0.2) is 0 Å². The minimum Gasteiger partial charge on any atom is -0.331 e. The van der Waals surface area contributed by atoms with Gasteiger partial charge in [-0.1, -0.05) is 29.5 Å². The fourth-order valence-corrected chi connectivity index (χ4v) is 4.15. The van der Waals surface area contributed by atoms with E-state index in [4.69, 9.17) is 0 Å². The van der Waals surface area contributed by atoms with Crippen LogP contribution in [0.3, 0.4) is 0 Å². The summed E-state index contributed by atoms with van der Waals surface area (Å²) < 4.78 is 0.473. The Balaban J connectivity index is 1.97. The summed E-state index contributed by atoms with van der Waals surface area (Å²) in [7, 11) is 3.66. The highest BCUT2D eigenvalue weighted by Crippen LogP contribution is 2.48. The second-order valence-electron chi connectivity index (χ2n) is 5.42. The first-order valence-corrected chi connectivity index (χ1v) is 6.62. The van der Waals surface area contributed by atoms with Crippen LogP contribution in [0.2, 0.25) is 0 Å². The third kappa shape index (κ3) is 2.24. The number of halogens is 1. The van der Waals surface area contributed by atoms with Crippen molar-refractivity contribution in [1.82, 2.24) is 9.80 Å². The first kappa shape index (κ1) is 11.5. The largest absolute Gasteiger partial charge is 0.331 e. The van der Waals surface area contributed by atoms with Crippen molar-refractivity contribution in [3.05, 3.63) is 0 Å². The summed E-state index contributed by atoms with van der Waals surface area (Å²) in [6, 6.07) is 0.180. The monoisotopic (exact) mass is 322 g/mol. The SMILES string of the molecule is CN(C)C(=O)N1C[C@@H]2CC(C)(I)C[C@@H]2C1. The molecule has 15 heavy (non-hydrogen) atoms. The number of fused-ring (bicyclic) bond motifs is 1. The highest BCUT2D eigenvalue weighted by atomic mass is 127. The first-order valence-electron chi connectivity index (χ1n) is 5.54. The molecule has 2 fully saturated rings. The van der Waals surface area contributed by atoms with Crippen molar-refractivity contribution in [3.63, 3.8) is 0 Å². The van der Waals surface area contributed by atoms with Gasteiger partial charge in [0.1, 0.15) is 0 Å². The molecule has 1 aliphatic heterocycles. The molecule has 1 saturated heterocycles. The molecule has 1 unspecified atom stereocenters. The van der Waals surface area contributed by atoms with E-state index in [1.165, 1.54) is 12.8 Å². The smallest absolute Gasteiger partial charge is 0.319 e. The predicted octanol–water partition coefficient (Wildman–Crippen LogP) is 2.20. The average molecular weight is 322 g/mol. The van der Waals surface area contributed by atoms with Gasteiger partial charge < -0.3 is 9.80 Å². The number of amides is 2. The van der Waals surface area contributed by atoms with Crippen LogP contribution in [0.4, 0.5) is 4.79 Å². The Hall–Kier alpha value is 0. The van der Waals surface area contributed by atoms with Gasteiger partial charge in [-0.15, -0.1) is 0 Å². The third-order valence-electron chi connectivity index (χ3n) is 3.61. The molecule has 1 heterocycles. The summed E-state index contributed by atoms with van der Waals surface area (Å²) in [6.07, 6.45) is 2.55. The topological polar surface area (TPSA) is 23.6 Å². The Morgan fingerprint density at radius 2 is 1.80 bits per heavy atom. The highest BCUT2D eigenvalue weighted by Gasteiger charge is 2.46. The van der Waals surface area contributed by atoms with Crippen LogP contribution in [0, 0.1) is 11.8 Å². The molecule has 0 aromatic rings. The van der Waals surface area contributed by atoms with Gasteiger partial charge >= 0.3 is 6.03 Å². The summed E-state index contributed by atoms with van der Waals surface area (Å²) in [5.74, 6) is 1.49. The number of alkyl halides is 1. The number of likely N-dealkylation sites (tertiary alicyclic amines) is 1. The quantitative estimate of drug-likeness (QED) is 0.495. The number of hydrogen-bond acceptors (Lipinski definition) is 1. The van der Waals surface area contributed by atoms with E-state index in [9.17, 15) is 4.79 Å². The van der Waals surface area contributed by atoms with Crippen LogP contribution in [-0.2, 0) is 0 Å². The van der Waals surface area contributed by atoms with Crippen molar-refractivity contribution in [2.24, 2.45) is 11.8 Å². The van der Waals surface area contributed by atoms with Gasteiger partial charge in [-0.3, -0.25) is 0 Å². The Labute approximate surface area is 105 Å². The Morgan fingerprint density at radius 1 is 1.33 bits per heavy atom. The summed E-state index contributed by atoms with van der Waals surface area (Å²) in [5.41, 5.74) is 0. The molecule has 0 bridgehead atoms. The summed E-state index contributed by atoms with van der Waals surface area (Å²) in [4.78, 5) is 15.5. The van der Waals surface area contributed by atoms with Crippen molar-refractivity contribution in [2.75, 3.05) is 27.2 Å². The maximum absolute atomic E-state index is 11.8. The van der Waals surface area contributed by atoms with Crippen molar-refractivity contribution in [2.45, 2.75) is 23.2 Å². The van der Waals surface area contributed by atoms with Gasteiger partial charge in [0.05, 0.1) is 0 Å². The summed E-state index contributed by atoms with van der Waals surface area (Å²) >= 11 is 2.58. The molecule has 2 aliphatic rings. The molecule has 0 aromatic heterocycles. The van der Waals surface area contributed by atoms with Crippen LogP contribution >= 0.6 is 22.6 Å². The molecular formula is C11H19IN2O. The second-order valence-corrected chi connectivity index (χ2v) is 8.03. The van der Waals surface area contributed by atoms with Crippen LogP contribution in [0.25, 0.3) is 0 Å². The fourth-order valence-electron chi connectivity index (χ4n) is 3.02. The van der Waals surface area contributed by atoms with Crippen molar-refractivity contribution >= 4 is 28.6 Å². The minimum atomic E-state index is 0.180. The molecule has 0 radical (unpaired) electrons. The number of rotatable bonds is 0. The summed E-state index contributed by atoms with van der Waals surface area (Å²) in [6.45, 7) is 4.28. The zero-order valence-electron chi connectivity index (χ0n) is 9.66. The molecule has 2 rings (SSSR count). The molecule has 0 N–H and O–H groups in total. The molecule has 1 saturated carbocycles. The standard InChI is InChI=1S/C11H19IN2O/c1-11(12)4-8-6-14(7-9(8)5-11)10(15)13(2)3/h8-9H,4-7H2,1-3H3/t8-,9+,11?. The van der Waals surface area contributed by atoms with Crippen LogP contribution in [0.1, 0.15) is 19.8 Å².